The first kappa shape index (κ1) is 25.6. The molecule has 0 bridgehead atoms. The van der Waals surface area contributed by atoms with Gasteiger partial charge in [-0.2, -0.15) is 0 Å². The third-order valence-electron chi connectivity index (χ3n) is 4.99. The number of carbonyl (C=O) groups excluding carboxylic acids is 1. The first-order valence-corrected chi connectivity index (χ1v) is 10.9. The number of aromatic amines is 1. The standard InChI is InChI=1S/C24H26F2N4O5/c1-34-13-11-30-22(21(23(32)29-24(30)33)27-15-16-6-3-2-4-7-16)28-20(31)8-5-12-35-19-10-9-17(25)14-18(19)26/h2-4,6-7,9-10,14,27H,5,8,11-13,15H2,1H3,(H,28,31)(H,29,32,33). The topological polar surface area (TPSA) is 114 Å². The molecule has 35 heavy (non-hydrogen) atoms. The molecule has 0 saturated heterocycles. The van der Waals surface area contributed by atoms with Crippen LogP contribution in [0.1, 0.15) is 18.4 Å². The Hall–Kier alpha value is -3.99. The molecule has 0 radical (unpaired) electrons. The lowest BCUT2D eigenvalue weighted by Crippen LogP contribution is -2.36. The van der Waals surface area contributed by atoms with Crippen LogP contribution in [0, 0.1) is 11.6 Å². The Morgan fingerprint density at radius 1 is 1.09 bits per heavy atom. The van der Waals surface area contributed by atoms with Gasteiger partial charge >= 0.3 is 5.69 Å². The molecule has 1 heterocycles. The predicted molar refractivity (Wildman–Crippen MR) is 127 cm³/mol. The van der Waals surface area contributed by atoms with Crippen LogP contribution in [0.3, 0.4) is 0 Å². The number of H-pyrrole nitrogens is 1. The second-order valence-corrected chi connectivity index (χ2v) is 7.54. The number of nitrogens with one attached hydrogen (secondary N) is 3. The van der Waals surface area contributed by atoms with Crippen LogP contribution < -0.4 is 26.6 Å². The van der Waals surface area contributed by atoms with Gasteiger partial charge in [0.1, 0.15) is 17.3 Å². The molecule has 3 N–H and O–H groups in total. The molecule has 1 aromatic heterocycles. The molecule has 2 aromatic carbocycles. The molecule has 0 atom stereocenters. The number of benzene rings is 2. The number of carbonyl (C=O) groups is 1. The third-order valence-corrected chi connectivity index (χ3v) is 4.99. The van der Waals surface area contributed by atoms with Crippen molar-refractivity contribution in [2.45, 2.75) is 25.9 Å². The van der Waals surface area contributed by atoms with E-state index in [4.69, 9.17) is 9.47 Å². The van der Waals surface area contributed by atoms with Crippen LogP contribution in [0.25, 0.3) is 0 Å². The maximum absolute atomic E-state index is 13.7. The van der Waals surface area contributed by atoms with E-state index in [1.807, 2.05) is 30.3 Å². The van der Waals surface area contributed by atoms with Crippen molar-refractivity contribution in [3.8, 4) is 5.75 Å². The number of methoxy groups -OCH3 is 1. The smallest absolute Gasteiger partial charge is 0.330 e. The largest absolute Gasteiger partial charge is 0.491 e. The van der Waals surface area contributed by atoms with Gasteiger partial charge in [-0.05, 0) is 24.1 Å². The average Bonchev–Trinajstić information content (AvgIpc) is 2.83. The highest BCUT2D eigenvalue weighted by atomic mass is 19.1. The van der Waals surface area contributed by atoms with E-state index < -0.39 is 28.8 Å². The van der Waals surface area contributed by atoms with E-state index in [0.29, 0.717) is 6.07 Å². The van der Waals surface area contributed by atoms with Crippen LogP contribution in [-0.2, 0) is 22.6 Å². The number of rotatable bonds is 12. The summed E-state index contributed by atoms with van der Waals surface area (Å²) >= 11 is 0. The van der Waals surface area contributed by atoms with Gasteiger partial charge in [0.15, 0.2) is 11.6 Å². The van der Waals surface area contributed by atoms with Crippen molar-refractivity contribution >= 4 is 17.4 Å². The zero-order chi connectivity index (χ0) is 25.2. The van der Waals surface area contributed by atoms with Gasteiger partial charge < -0.3 is 20.1 Å². The lowest BCUT2D eigenvalue weighted by molar-refractivity contribution is -0.116. The minimum atomic E-state index is -0.839. The van der Waals surface area contributed by atoms with E-state index in [9.17, 15) is 23.2 Å². The third kappa shape index (κ3) is 7.24. The van der Waals surface area contributed by atoms with Gasteiger partial charge in [-0.25, -0.2) is 13.6 Å². The number of hydrogen-bond acceptors (Lipinski definition) is 6. The molecule has 0 unspecified atom stereocenters. The number of anilines is 2. The summed E-state index contributed by atoms with van der Waals surface area (Å²) < 4.78 is 38.2. The Labute approximate surface area is 199 Å². The van der Waals surface area contributed by atoms with Gasteiger partial charge in [0.25, 0.3) is 5.56 Å². The summed E-state index contributed by atoms with van der Waals surface area (Å²) in [6, 6.07) is 12.2. The molecule has 0 spiro atoms. The highest BCUT2D eigenvalue weighted by Gasteiger charge is 2.17. The Morgan fingerprint density at radius 3 is 2.57 bits per heavy atom. The summed E-state index contributed by atoms with van der Waals surface area (Å²) in [4.78, 5) is 39.9. The SMILES string of the molecule is COCCn1c(NC(=O)CCCOc2ccc(F)cc2F)c(NCc2ccccc2)c(=O)[nH]c1=O. The van der Waals surface area contributed by atoms with Gasteiger partial charge in [-0.3, -0.25) is 19.1 Å². The van der Waals surface area contributed by atoms with E-state index >= 15 is 0 Å². The zero-order valence-corrected chi connectivity index (χ0v) is 19.1. The molecule has 0 fully saturated rings. The summed E-state index contributed by atoms with van der Waals surface area (Å²) in [5, 5.41) is 5.62. The molecule has 0 aliphatic carbocycles. The maximum Gasteiger partial charge on any atom is 0.330 e. The molecule has 11 heteroatoms. The van der Waals surface area contributed by atoms with E-state index in [1.54, 1.807) is 0 Å². The first-order chi connectivity index (χ1) is 16.9. The molecule has 3 aromatic rings. The molecule has 186 valence electrons. The van der Waals surface area contributed by atoms with E-state index in [2.05, 4.69) is 15.6 Å². The molecule has 0 aliphatic heterocycles. The summed E-state index contributed by atoms with van der Waals surface area (Å²) in [6.07, 6.45) is 0.174. The lowest BCUT2D eigenvalue weighted by Gasteiger charge is -2.18. The fourth-order valence-corrected chi connectivity index (χ4v) is 3.25. The maximum atomic E-state index is 13.7. The van der Waals surface area contributed by atoms with Crippen LogP contribution in [0.2, 0.25) is 0 Å². The number of ether oxygens (including phenoxy) is 2. The van der Waals surface area contributed by atoms with Crippen molar-refractivity contribution < 1.29 is 23.0 Å². The Balaban J connectivity index is 1.71. The van der Waals surface area contributed by atoms with Crippen molar-refractivity contribution in [1.82, 2.24) is 9.55 Å². The molecule has 0 aliphatic rings. The van der Waals surface area contributed by atoms with E-state index in [-0.39, 0.29) is 56.4 Å². The second-order valence-electron chi connectivity index (χ2n) is 7.54. The second kappa shape index (κ2) is 12.5. The van der Waals surface area contributed by atoms with Gasteiger partial charge in [0.2, 0.25) is 5.91 Å². The van der Waals surface area contributed by atoms with Crippen LogP contribution in [0.4, 0.5) is 20.3 Å². The zero-order valence-electron chi connectivity index (χ0n) is 19.1. The lowest BCUT2D eigenvalue weighted by atomic mass is 10.2. The minimum Gasteiger partial charge on any atom is -0.491 e. The van der Waals surface area contributed by atoms with Crippen molar-refractivity contribution in [3.63, 3.8) is 0 Å². The number of halogens is 2. The monoisotopic (exact) mass is 488 g/mol. The van der Waals surface area contributed by atoms with Crippen molar-refractivity contribution in [2.75, 3.05) is 31.0 Å². The van der Waals surface area contributed by atoms with E-state index in [1.165, 1.54) is 17.7 Å². The fourth-order valence-electron chi connectivity index (χ4n) is 3.25. The fraction of sp³-hybridized carbons (Fsp3) is 0.292. The highest BCUT2D eigenvalue weighted by Crippen LogP contribution is 2.19. The van der Waals surface area contributed by atoms with Crippen LogP contribution in [-0.4, -0.2) is 35.8 Å². The number of nitrogens with zero attached hydrogens (tertiary/aromatic N) is 1. The van der Waals surface area contributed by atoms with E-state index in [0.717, 1.165) is 11.6 Å². The molecule has 1 amide bonds. The predicted octanol–water partition coefficient (Wildman–Crippen LogP) is 2.87. The van der Waals surface area contributed by atoms with Crippen LogP contribution in [0.5, 0.6) is 5.75 Å². The summed E-state index contributed by atoms with van der Waals surface area (Å²) in [5.41, 5.74) is -0.445. The number of aromatic nitrogens is 2. The quantitative estimate of drug-likeness (QED) is 0.338. The van der Waals surface area contributed by atoms with Crippen molar-refractivity contribution in [2.24, 2.45) is 0 Å². The molecular weight excluding hydrogens is 462 g/mol. The molecule has 9 nitrogen and oxygen atoms in total. The summed E-state index contributed by atoms with van der Waals surface area (Å²) in [6.45, 7) is 0.548. The molecule has 3 rings (SSSR count). The Kier molecular flexibility index (Phi) is 9.13. The van der Waals surface area contributed by atoms with Crippen LogP contribution in [0.15, 0.2) is 58.1 Å². The van der Waals surface area contributed by atoms with Crippen molar-refractivity contribution in [3.05, 3.63) is 86.6 Å². The van der Waals surface area contributed by atoms with Gasteiger partial charge in [0.05, 0.1) is 19.8 Å². The summed E-state index contributed by atoms with van der Waals surface area (Å²) in [7, 11) is 1.47. The summed E-state index contributed by atoms with van der Waals surface area (Å²) in [5.74, 6) is -2.14. The number of amides is 1. The van der Waals surface area contributed by atoms with Crippen LogP contribution >= 0.6 is 0 Å². The van der Waals surface area contributed by atoms with Crippen molar-refractivity contribution in [1.29, 1.82) is 0 Å². The molecular formula is C24H26F2N4O5. The van der Waals surface area contributed by atoms with Gasteiger partial charge in [-0.1, -0.05) is 30.3 Å². The molecule has 0 saturated carbocycles. The number of hydrogen-bond donors (Lipinski definition) is 3. The average molecular weight is 488 g/mol. The Morgan fingerprint density at radius 2 is 1.86 bits per heavy atom. The van der Waals surface area contributed by atoms with Gasteiger partial charge in [-0.15, -0.1) is 0 Å². The highest BCUT2D eigenvalue weighted by molar-refractivity contribution is 5.92. The Bertz CT molecular complexity index is 1260. The van der Waals surface area contributed by atoms with Gasteiger partial charge in [0, 0.05) is 26.1 Å². The minimum absolute atomic E-state index is 0.000933. The first-order valence-electron chi connectivity index (χ1n) is 10.9. The normalized spacial score (nSPS) is 10.7.